The van der Waals surface area contributed by atoms with Crippen LogP contribution < -0.4 is 4.74 Å². The number of carboxylic acid groups (broad SMARTS) is 4. The van der Waals surface area contributed by atoms with Gasteiger partial charge in [0.1, 0.15) is 18.1 Å². The fraction of sp³-hybridized carbons (Fsp3) is 0.680. The van der Waals surface area contributed by atoms with Crippen molar-refractivity contribution in [3.05, 3.63) is 34.4 Å². The van der Waals surface area contributed by atoms with Crippen LogP contribution in [0.5, 0.6) is 34.5 Å². The number of hydrogen-bond acceptors (Lipinski definition) is 10. The molecule has 1 unspecified atom stereocenters. The minimum absolute atomic E-state index is 0.131. The Morgan fingerprint density at radius 3 is 1.14 bits per heavy atom. The number of aliphatic carboxylic acids is 4. The first kappa shape index (κ1) is 55.3. The Morgan fingerprint density at radius 1 is 0.406 bits per heavy atom. The largest absolute Gasteiger partial charge is 0.508 e. The third-order valence-electron chi connectivity index (χ3n) is 13.1. The molecule has 0 fully saturated rings. The molecule has 64 heavy (non-hydrogen) atoms. The van der Waals surface area contributed by atoms with Gasteiger partial charge in [0, 0.05) is 34.4 Å². The highest BCUT2D eigenvalue weighted by Crippen LogP contribution is 2.42. The molecule has 0 amide bonds. The number of phenolic OH excluding ortho intramolecular Hbond substituents is 5. The van der Waals surface area contributed by atoms with Crippen LogP contribution in [0.25, 0.3) is 0 Å². The molecular formula is C50H78O14. The number of aromatic hydroxyl groups is 5. The van der Waals surface area contributed by atoms with E-state index in [1.165, 1.54) is 6.07 Å². The van der Waals surface area contributed by atoms with Gasteiger partial charge in [0.05, 0.1) is 21.7 Å². The molecule has 0 aliphatic carbocycles. The maximum absolute atomic E-state index is 12.8. The van der Waals surface area contributed by atoms with E-state index < -0.39 is 57.0 Å². The number of ether oxygens (including phenoxy) is 1. The second-order valence-corrected chi connectivity index (χ2v) is 20.1. The Hall–Kier alpha value is -4.88. The van der Waals surface area contributed by atoms with Crippen LogP contribution in [0, 0.1) is 21.7 Å². The molecule has 0 aliphatic rings. The maximum Gasteiger partial charge on any atom is 0.312 e. The number of hydrogen-bond donors (Lipinski definition) is 9. The minimum atomic E-state index is -1.33. The van der Waals surface area contributed by atoms with Crippen molar-refractivity contribution < 1.29 is 69.9 Å². The second kappa shape index (κ2) is 25.0. The van der Waals surface area contributed by atoms with Crippen LogP contribution in [0.3, 0.4) is 0 Å². The normalized spacial score (nSPS) is 13.1. The van der Waals surface area contributed by atoms with E-state index in [4.69, 9.17) is 4.74 Å². The summed E-state index contributed by atoms with van der Waals surface area (Å²) in [5, 5.41) is 92.4. The van der Waals surface area contributed by atoms with Crippen LogP contribution in [-0.4, -0.2) is 76.4 Å². The van der Waals surface area contributed by atoms with Crippen LogP contribution in [0.2, 0.25) is 0 Å². The quantitative estimate of drug-likeness (QED) is 0.0183. The standard InChI is InChI=1S/C50H78O14/c1-47(2,43(56)57)26-18-10-8-14-23-34-36(25-17-12-20-28-49(5,6)45(60)61)42(55)39(53)31-40(34)64-32-50(7,46(62)63)29-21-13-16-22-33-35(41(54)38(52)30-37(33)51)24-15-9-11-19-27-48(3,4)44(58)59/h30-31,51-55H,8-29,32H2,1-7H3,(H,56,57)(H,58,59)(H,60,61)(H,62,63). The van der Waals surface area contributed by atoms with Crippen molar-refractivity contribution in [2.45, 2.75) is 190 Å². The lowest BCUT2D eigenvalue weighted by Crippen LogP contribution is -2.34. The predicted molar refractivity (Wildman–Crippen MR) is 245 cm³/mol. The molecule has 0 radical (unpaired) electrons. The molecule has 0 bridgehead atoms. The van der Waals surface area contributed by atoms with Crippen molar-refractivity contribution in [2.24, 2.45) is 21.7 Å². The van der Waals surface area contributed by atoms with Crippen LogP contribution in [0.15, 0.2) is 12.1 Å². The van der Waals surface area contributed by atoms with Gasteiger partial charge in [-0.25, -0.2) is 0 Å². The van der Waals surface area contributed by atoms with Gasteiger partial charge < -0.3 is 50.7 Å². The van der Waals surface area contributed by atoms with E-state index in [0.717, 1.165) is 44.6 Å². The van der Waals surface area contributed by atoms with Crippen molar-refractivity contribution >= 4 is 23.9 Å². The number of unbranched alkanes of at least 4 members (excludes halogenated alkanes) is 10. The third-order valence-corrected chi connectivity index (χ3v) is 13.1. The molecule has 0 saturated carbocycles. The molecule has 0 spiro atoms. The molecule has 0 aromatic heterocycles. The summed E-state index contributed by atoms with van der Waals surface area (Å²) in [7, 11) is 0. The average molecular weight is 903 g/mol. The molecule has 0 aliphatic heterocycles. The number of carboxylic acids is 4. The Morgan fingerprint density at radius 2 is 0.734 bits per heavy atom. The lowest BCUT2D eigenvalue weighted by molar-refractivity contribution is -0.150. The first-order valence-electron chi connectivity index (χ1n) is 23.2. The van der Waals surface area contributed by atoms with Gasteiger partial charge in [-0.15, -0.1) is 0 Å². The smallest absolute Gasteiger partial charge is 0.312 e. The highest BCUT2D eigenvalue weighted by molar-refractivity contribution is 5.75. The summed E-state index contributed by atoms with van der Waals surface area (Å²) in [5.74, 6) is -4.84. The van der Waals surface area contributed by atoms with Crippen molar-refractivity contribution in [1.82, 2.24) is 0 Å². The van der Waals surface area contributed by atoms with Crippen molar-refractivity contribution in [3.63, 3.8) is 0 Å². The van der Waals surface area contributed by atoms with Gasteiger partial charge in [-0.3, -0.25) is 19.2 Å². The fourth-order valence-electron chi connectivity index (χ4n) is 7.97. The molecule has 362 valence electrons. The monoisotopic (exact) mass is 903 g/mol. The van der Waals surface area contributed by atoms with Gasteiger partial charge in [-0.05, 0) is 126 Å². The van der Waals surface area contributed by atoms with E-state index in [1.54, 1.807) is 48.5 Å². The Kier molecular flexibility index (Phi) is 21.6. The van der Waals surface area contributed by atoms with Crippen molar-refractivity contribution in [1.29, 1.82) is 0 Å². The summed E-state index contributed by atoms with van der Waals surface area (Å²) in [6.07, 6.45) is 12.9. The summed E-state index contributed by atoms with van der Waals surface area (Å²) < 4.78 is 6.27. The first-order chi connectivity index (χ1) is 29.8. The summed E-state index contributed by atoms with van der Waals surface area (Å²) >= 11 is 0. The van der Waals surface area contributed by atoms with E-state index in [0.29, 0.717) is 119 Å². The first-order valence-corrected chi connectivity index (χ1v) is 23.2. The molecule has 14 nitrogen and oxygen atoms in total. The Labute approximate surface area is 379 Å². The van der Waals surface area contributed by atoms with E-state index in [-0.39, 0.29) is 36.0 Å². The van der Waals surface area contributed by atoms with Gasteiger partial charge in [0.25, 0.3) is 0 Å². The molecule has 9 N–H and O–H groups in total. The van der Waals surface area contributed by atoms with Crippen LogP contribution in [0.1, 0.15) is 186 Å². The van der Waals surface area contributed by atoms with Crippen molar-refractivity contribution in [3.8, 4) is 34.5 Å². The van der Waals surface area contributed by atoms with Crippen LogP contribution >= 0.6 is 0 Å². The third kappa shape index (κ3) is 16.9. The summed E-state index contributed by atoms with van der Waals surface area (Å²) in [6.45, 7) is 11.5. The Balaban J connectivity index is 2.15. The maximum atomic E-state index is 12.8. The number of rotatable bonds is 33. The van der Waals surface area contributed by atoms with Gasteiger partial charge in [-0.2, -0.15) is 0 Å². The molecule has 2 aromatic carbocycles. The zero-order chi connectivity index (χ0) is 48.5. The molecule has 0 saturated heterocycles. The van der Waals surface area contributed by atoms with E-state index in [9.17, 15) is 65.1 Å². The van der Waals surface area contributed by atoms with Gasteiger partial charge in [0.2, 0.25) is 0 Å². The zero-order valence-corrected chi connectivity index (χ0v) is 39.5. The van der Waals surface area contributed by atoms with E-state index in [2.05, 4.69) is 0 Å². The molecule has 2 rings (SSSR count). The Bertz CT molecular complexity index is 1860. The van der Waals surface area contributed by atoms with Gasteiger partial charge in [0.15, 0.2) is 23.0 Å². The lowest BCUT2D eigenvalue weighted by atomic mass is 9.85. The lowest BCUT2D eigenvalue weighted by Gasteiger charge is -2.27. The van der Waals surface area contributed by atoms with E-state index in [1.807, 2.05) is 0 Å². The summed E-state index contributed by atoms with van der Waals surface area (Å²) in [6, 6.07) is 2.44. The highest BCUT2D eigenvalue weighted by atomic mass is 16.5. The summed E-state index contributed by atoms with van der Waals surface area (Å²) in [5.41, 5.74) is -1.69. The van der Waals surface area contributed by atoms with Crippen molar-refractivity contribution in [2.75, 3.05) is 6.61 Å². The van der Waals surface area contributed by atoms with Crippen LogP contribution in [0.4, 0.5) is 0 Å². The number of phenols is 5. The predicted octanol–water partition coefficient (Wildman–Crippen LogP) is 10.9. The summed E-state index contributed by atoms with van der Waals surface area (Å²) in [4.78, 5) is 47.3. The average Bonchev–Trinajstić information content (AvgIpc) is 3.20. The molecule has 0 heterocycles. The molecule has 1 atom stereocenters. The van der Waals surface area contributed by atoms with Gasteiger partial charge in [-0.1, -0.05) is 64.2 Å². The SMILES string of the molecule is CC(C)(CCCCCCc1c(OCC(C)(CCCCCc2c(O)cc(O)c(O)c2CCCCCCC(C)(C)C(=O)O)C(=O)O)cc(O)c(O)c1CCCCCC(C)(C)C(=O)O)C(=O)O. The molecular weight excluding hydrogens is 825 g/mol. The second-order valence-electron chi connectivity index (χ2n) is 20.1. The molecule has 2 aromatic rings. The minimum Gasteiger partial charge on any atom is -0.508 e. The highest BCUT2D eigenvalue weighted by Gasteiger charge is 2.35. The van der Waals surface area contributed by atoms with E-state index >= 15 is 0 Å². The number of carbonyl (C=O) groups is 4. The molecule has 14 heteroatoms. The fourth-order valence-corrected chi connectivity index (χ4v) is 7.97. The topological polar surface area (TPSA) is 260 Å². The van der Waals surface area contributed by atoms with Gasteiger partial charge >= 0.3 is 23.9 Å². The zero-order valence-electron chi connectivity index (χ0n) is 39.5. The van der Waals surface area contributed by atoms with Crippen LogP contribution in [-0.2, 0) is 44.9 Å². The number of benzene rings is 2.